The summed E-state index contributed by atoms with van der Waals surface area (Å²) in [7, 11) is 0. The third kappa shape index (κ3) is 5.60. The number of hydrogen-bond acceptors (Lipinski definition) is 8. The molecule has 8 rings (SSSR count). The van der Waals surface area contributed by atoms with Crippen molar-refractivity contribution in [3.05, 3.63) is 131 Å². The maximum atomic E-state index is 11.9. The fourth-order valence-electron chi connectivity index (χ4n) is 7.91. The third-order valence-corrected chi connectivity index (χ3v) is 10.6. The van der Waals surface area contributed by atoms with Crippen LogP contribution in [0.2, 0.25) is 0 Å². The summed E-state index contributed by atoms with van der Waals surface area (Å²) in [6, 6.07) is 25.2. The number of rotatable bonds is 8. The van der Waals surface area contributed by atoms with Crippen LogP contribution in [-0.4, -0.2) is 50.3 Å². The molecule has 12 nitrogen and oxygen atoms in total. The first kappa shape index (κ1) is 35.3. The molecule has 7 aromatic rings. The number of aliphatic carboxylic acids is 1. The number of allylic oxidation sites excluding steroid dienone is 2. The van der Waals surface area contributed by atoms with Gasteiger partial charge in [0.1, 0.15) is 0 Å². The molecule has 12 N–H and O–H groups in total. The van der Waals surface area contributed by atoms with Gasteiger partial charge in [-0.2, -0.15) is 0 Å². The lowest BCUT2D eigenvalue weighted by Crippen LogP contribution is -2.29. The molecule has 1 unspecified atom stereocenters. The predicted octanol–water partition coefficient (Wildman–Crippen LogP) is 7.55. The summed E-state index contributed by atoms with van der Waals surface area (Å²) in [5.74, 6) is -4.61. The maximum absolute atomic E-state index is 11.9. The summed E-state index contributed by atoms with van der Waals surface area (Å²) < 4.78 is 0. The molecule has 7 aromatic carbocycles. The van der Waals surface area contributed by atoms with E-state index < -0.39 is 29.9 Å². The molecule has 0 saturated heterocycles. The lowest BCUT2D eigenvalue weighted by atomic mass is 9.80. The molecule has 276 valence electrons. The van der Waals surface area contributed by atoms with Gasteiger partial charge in [-0.05, 0) is 138 Å². The van der Waals surface area contributed by atoms with Crippen LogP contribution in [0.3, 0.4) is 0 Å². The molecule has 0 heterocycles. The second-order valence-corrected chi connectivity index (χ2v) is 13.8. The van der Waals surface area contributed by atoms with Crippen LogP contribution in [0.1, 0.15) is 43.1 Å². The van der Waals surface area contributed by atoms with E-state index in [0.717, 1.165) is 49.0 Å². The van der Waals surface area contributed by atoms with E-state index in [1.165, 1.54) is 24.3 Å². The summed E-state index contributed by atoms with van der Waals surface area (Å²) in [6.45, 7) is 0. The molecule has 1 aliphatic rings. The Bertz CT molecular complexity index is 2880. The van der Waals surface area contributed by atoms with Crippen LogP contribution >= 0.6 is 0 Å². The number of carboxylic acids is 4. The number of carbonyl (C=O) groups is 4. The molecule has 0 amide bonds. The van der Waals surface area contributed by atoms with Crippen LogP contribution in [-0.2, 0) is 4.79 Å². The van der Waals surface area contributed by atoms with E-state index in [1.54, 1.807) is 42.5 Å². The average Bonchev–Trinajstić information content (AvgIpc) is 3.15. The normalized spacial score (nSPS) is 14.2. The number of benzene rings is 7. The topological polar surface area (TPSA) is 253 Å². The van der Waals surface area contributed by atoms with Crippen LogP contribution in [0.15, 0.2) is 109 Å². The van der Waals surface area contributed by atoms with Gasteiger partial charge in [0, 0.05) is 23.1 Å². The number of hydrogen-bond donors (Lipinski definition) is 8. The minimum Gasteiger partial charge on any atom is -0.478 e. The molecule has 12 heteroatoms. The summed E-state index contributed by atoms with van der Waals surface area (Å²) in [5, 5.41) is 43.8. The molecule has 0 fully saturated rings. The Kier molecular flexibility index (Phi) is 8.21. The smallest absolute Gasteiger partial charge is 0.337 e. The highest BCUT2D eigenvalue weighted by molar-refractivity contribution is 6.31. The second kappa shape index (κ2) is 13.0. The van der Waals surface area contributed by atoms with E-state index in [2.05, 4.69) is 0 Å². The highest BCUT2D eigenvalue weighted by atomic mass is 16.4. The van der Waals surface area contributed by atoms with Crippen molar-refractivity contribution < 1.29 is 39.6 Å². The third-order valence-electron chi connectivity index (χ3n) is 10.6. The first-order valence-electron chi connectivity index (χ1n) is 17.3. The molecule has 0 bridgehead atoms. The molecular formula is C44H32N4O8. The van der Waals surface area contributed by atoms with E-state index in [9.17, 15) is 39.6 Å². The van der Waals surface area contributed by atoms with Gasteiger partial charge in [0.15, 0.2) is 0 Å². The molecule has 0 spiro atoms. The van der Waals surface area contributed by atoms with Gasteiger partial charge in [0.2, 0.25) is 0 Å². The fourth-order valence-corrected chi connectivity index (χ4v) is 7.91. The predicted molar refractivity (Wildman–Crippen MR) is 217 cm³/mol. The Morgan fingerprint density at radius 2 is 0.821 bits per heavy atom. The van der Waals surface area contributed by atoms with Gasteiger partial charge in [-0.3, -0.25) is 0 Å². The average molecular weight is 745 g/mol. The molecule has 0 aliphatic heterocycles. The Hall–Kier alpha value is -7.70. The van der Waals surface area contributed by atoms with Crippen LogP contribution in [0.4, 0.5) is 17.1 Å². The summed E-state index contributed by atoms with van der Waals surface area (Å²) in [4.78, 5) is 47.6. The highest BCUT2D eigenvalue weighted by Crippen LogP contribution is 2.49. The van der Waals surface area contributed by atoms with E-state index in [0.29, 0.717) is 27.8 Å². The quantitative estimate of drug-likeness (QED) is 0.0554. The van der Waals surface area contributed by atoms with Crippen molar-refractivity contribution in [2.24, 2.45) is 5.73 Å². The van der Waals surface area contributed by atoms with Crippen LogP contribution in [0.5, 0.6) is 0 Å². The Balaban J connectivity index is 1.53. The summed E-state index contributed by atoms with van der Waals surface area (Å²) in [6.07, 6.45) is 3.49. The first-order chi connectivity index (χ1) is 26.7. The zero-order valence-corrected chi connectivity index (χ0v) is 29.3. The maximum Gasteiger partial charge on any atom is 0.337 e. The molecule has 0 saturated carbocycles. The van der Waals surface area contributed by atoms with Crippen molar-refractivity contribution in [2.75, 3.05) is 17.2 Å². The van der Waals surface area contributed by atoms with E-state index >= 15 is 0 Å². The van der Waals surface area contributed by atoms with Crippen molar-refractivity contribution in [1.82, 2.24) is 0 Å². The van der Waals surface area contributed by atoms with E-state index in [4.69, 9.17) is 22.9 Å². The summed E-state index contributed by atoms with van der Waals surface area (Å²) >= 11 is 0. The van der Waals surface area contributed by atoms with Gasteiger partial charge in [-0.15, -0.1) is 0 Å². The minimum atomic E-state index is -1.17. The SMILES string of the molecule is Nc1cc(-c2cc(C3=CC=C(C(=O)O)C(N)C3)c3ccc4c(-c5ccc(C(=O)O)c(N)c5)cc(-c5ccc(C(=O)O)c(N)c5)c5ccc2c3c45)ccc1C(=O)O. The largest absolute Gasteiger partial charge is 0.478 e. The number of aromatic carboxylic acids is 3. The molecule has 1 aliphatic carbocycles. The Morgan fingerprint density at radius 1 is 0.464 bits per heavy atom. The van der Waals surface area contributed by atoms with Gasteiger partial charge in [-0.1, -0.05) is 48.5 Å². The monoisotopic (exact) mass is 744 g/mol. The van der Waals surface area contributed by atoms with Crippen molar-refractivity contribution in [3.63, 3.8) is 0 Å². The van der Waals surface area contributed by atoms with Crippen molar-refractivity contribution >= 4 is 78.8 Å². The first-order valence-corrected chi connectivity index (χ1v) is 17.3. The lowest BCUT2D eigenvalue weighted by Gasteiger charge is -2.24. The van der Waals surface area contributed by atoms with Crippen molar-refractivity contribution in [2.45, 2.75) is 12.5 Å². The Labute approximate surface area is 317 Å². The standard InChI is InChI=1S/C44H32N4O8/c45-35-13-19(1-5-27(35)41(49)50)31-17-32(20-2-6-28(42(51)52)36(46)14-20)24-11-12-26-34(22-4-8-30(44(55)56)38(48)16-22)18-33(25-10-9-23(31)39(24)40(25)26)21-3-7-29(43(53)54)37(47)15-21/h1-15,17-18,38H,16,45-48H2,(H,49,50)(H,51,52)(H,53,54)(H,55,56). The van der Waals surface area contributed by atoms with Gasteiger partial charge in [0.25, 0.3) is 0 Å². The van der Waals surface area contributed by atoms with E-state index in [-0.39, 0.29) is 45.7 Å². The fraction of sp³-hybridized carbons (Fsp3) is 0.0455. The van der Waals surface area contributed by atoms with Crippen molar-refractivity contribution in [1.29, 1.82) is 0 Å². The summed E-state index contributed by atoms with van der Waals surface area (Å²) in [5.41, 5.74) is 31.0. The van der Waals surface area contributed by atoms with E-state index in [1.807, 2.05) is 36.4 Å². The number of anilines is 3. The highest BCUT2D eigenvalue weighted by Gasteiger charge is 2.26. The Morgan fingerprint density at radius 3 is 1.14 bits per heavy atom. The molecule has 0 aromatic heterocycles. The van der Waals surface area contributed by atoms with Crippen molar-refractivity contribution in [3.8, 4) is 33.4 Å². The lowest BCUT2D eigenvalue weighted by molar-refractivity contribution is -0.132. The van der Waals surface area contributed by atoms with Gasteiger partial charge >= 0.3 is 23.9 Å². The zero-order chi connectivity index (χ0) is 39.7. The van der Waals surface area contributed by atoms with Crippen LogP contribution in [0, 0.1) is 0 Å². The van der Waals surface area contributed by atoms with Crippen LogP contribution < -0.4 is 22.9 Å². The molecule has 1 atom stereocenters. The minimum absolute atomic E-state index is 0.0466. The van der Waals surface area contributed by atoms with Gasteiger partial charge in [-0.25, -0.2) is 19.2 Å². The number of nitrogens with two attached hydrogens (primary N) is 4. The van der Waals surface area contributed by atoms with Crippen LogP contribution in [0.25, 0.3) is 71.3 Å². The second-order valence-electron chi connectivity index (χ2n) is 13.8. The number of carboxylic acid groups (broad SMARTS) is 4. The van der Waals surface area contributed by atoms with Gasteiger partial charge < -0.3 is 43.4 Å². The number of nitrogen functional groups attached to an aromatic ring is 3. The molecule has 56 heavy (non-hydrogen) atoms. The molecular weight excluding hydrogens is 713 g/mol. The molecule has 0 radical (unpaired) electrons. The zero-order valence-electron chi connectivity index (χ0n) is 29.3. The van der Waals surface area contributed by atoms with Gasteiger partial charge in [0.05, 0.1) is 22.3 Å².